The largest absolute Gasteiger partial charge is 0.488 e. The van der Waals surface area contributed by atoms with Crippen LogP contribution >= 0.6 is 27.5 Å². The molecule has 2 aliphatic carbocycles. The second-order valence-electron chi connectivity index (χ2n) is 5.70. The Bertz CT molecular complexity index is 473. The zero-order valence-electron chi connectivity index (χ0n) is 11.1. The third-order valence-corrected chi connectivity index (χ3v) is 5.62. The third-order valence-electron chi connectivity index (χ3n) is 4.83. The first-order chi connectivity index (χ1) is 9.15. The number of hydrogen-bond donors (Lipinski definition) is 1. The summed E-state index contributed by atoms with van der Waals surface area (Å²) in [5.74, 6) is 0.815. The summed E-state index contributed by atoms with van der Waals surface area (Å²) in [6.45, 7) is 0. The minimum atomic E-state index is 0.311. The smallest absolute Gasteiger partial charge is 0.138 e. The molecule has 3 rings (SSSR count). The van der Waals surface area contributed by atoms with E-state index in [9.17, 15) is 0 Å². The van der Waals surface area contributed by atoms with Crippen molar-refractivity contribution in [1.82, 2.24) is 5.32 Å². The highest BCUT2D eigenvalue weighted by Crippen LogP contribution is 2.54. The van der Waals surface area contributed by atoms with Gasteiger partial charge in [-0.1, -0.05) is 40.4 Å². The van der Waals surface area contributed by atoms with Crippen LogP contribution in [0.1, 0.15) is 32.1 Å². The van der Waals surface area contributed by atoms with Gasteiger partial charge >= 0.3 is 0 Å². The lowest BCUT2D eigenvalue weighted by Crippen LogP contribution is -2.63. The van der Waals surface area contributed by atoms with E-state index in [1.807, 2.05) is 18.2 Å². The van der Waals surface area contributed by atoms with E-state index in [4.69, 9.17) is 16.3 Å². The number of nitrogens with one attached hydrogen (secondary N) is 1. The van der Waals surface area contributed by atoms with Crippen molar-refractivity contribution in [2.45, 2.75) is 44.2 Å². The summed E-state index contributed by atoms with van der Waals surface area (Å²) >= 11 is 9.67. The van der Waals surface area contributed by atoms with Crippen molar-refractivity contribution in [3.63, 3.8) is 0 Å². The lowest BCUT2D eigenvalue weighted by atomic mass is 9.60. The highest BCUT2D eigenvalue weighted by Gasteiger charge is 2.57. The Hall–Kier alpha value is -0.250. The van der Waals surface area contributed by atoms with Gasteiger partial charge in [-0.05, 0) is 38.1 Å². The van der Waals surface area contributed by atoms with Gasteiger partial charge in [0.1, 0.15) is 11.9 Å². The molecule has 0 amide bonds. The van der Waals surface area contributed by atoms with E-state index in [-0.39, 0.29) is 0 Å². The molecular weight excluding hydrogens is 326 g/mol. The molecule has 2 atom stereocenters. The molecular formula is C15H19BrClNO. The molecule has 0 bridgehead atoms. The highest BCUT2D eigenvalue weighted by atomic mass is 79.9. The maximum Gasteiger partial charge on any atom is 0.138 e. The Morgan fingerprint density at radius 3 is 2.74 bits per heavy atom. The van der Waals surface area contributed by atoms with Crippen LogP contribution in [0.5, 0.6) is 5.75 Å². The van der Waals surface area contributed by atoms with Gasteiger partial charge in [0.25, 0.3) is 0 Å². The van der Waals surface area contributed by atoms with Crippen LogP contribution in [0.25, 0.3) is 0 Å². The monoisotopic (exact) mass is 343 g/mol. The molecule has 0 radical (unpaired) electrons. The Morgan fingerprint density at radius 1 is 1.37 bits per heavy atom. The molecule has 1 aromatic carbocycles. The van der Waals surface area contributed by atoms with Crippen molar-refractivity contribution in [2.75, 3.05) is 7.05 Å². The van der Waals surface area contributed by atoms with E-state index in [0.29, 0.717) is 22.6 Å². The van der Waals surface area contributed by atoms with E-state index in [2.05, 4.69) is 28.3 Å². The average molecular weight is 345 g/mol. The molecule has 104 valence electrons. The molecule has 2 aliphatic rings. The molecule has 1 spiro atoms. The van der Waals surface area contributed by atoms with Crippen LogP contribution in [-0.4, -0.2) is 19.2 Å². The van der Waals surface area contributed by atoms with Crippen molar-refractivity contribution < 1.29 is 4.74 Å². The van der Waals surface area contributed by atoms with E-state index in [1.165, 1.54) is 25.7 Å². The lowest BCUT2D eigenvalue weighted by Gasteiger charge is -2.53. The zero-order valence-corrected chi connectivity index (χ0v) is 13.4. The van der Waals surface area contributed by atoms with Crippen molar-refractivity contribution >= 4 is 27.5 Å². The van der Waals surface area contributed by atoms with Crippen LogP contribution in [0.2, 0.25) is 5.02 Å². The summed E-state index contributed by atoms with van der Waals surface area (Å²) in [6, 6.07) is 6.44. The quantitative estimate of drug-likeness (QED) is 0.877. The van der Waals surface area contributed by atoms with Crippen molar-refractivity contribution in [3.05, 3.63) is 27.7 Å². The molecule has 0 heterocycles. The third kappa shape index (κ3) is 2.30. The second kappa shape index (κ2) is 5.27. The summed E-state index contributed by atoms with van der Waals surface area (Å²) in [4.78, 5) is 0. The van der Waals surface area contributed by atoms with Crippen molar-refractivity contribution in [3.8, 4) is 5.75 Å². The van der Waals surface area contributed by atoms with Gasteiger partial charge in [-0.25, -0.2) is 0 Å². The van der Waals surface area contributed by atoms with Gasteiger partial charge in [0.2, 0.25) is 0 Å². The summed E-state index contributed by atoms with van der Waals surface area (Å²) < 4.78 is 7.20. The molecule has 0 saturated heterocycles. The zero-order chi connectivity index (χ0) is 13.5. The fraction of sp³-hybridized carbons (Fsp3) is 0.600. The number of benzene rings is 1. The van der Waals surface area contributed by atoms with Crippen LogP contribution in [0.4, 0.5) is 0 Å². The predicted octanol–water partition coefficient (Wildman–Crippen LogP) is 4.40. The van der Waals surface area contributed by atoms with Gasteiger partial charge in [0.15, 0.2) is 0 Å². The van der Waals surface area contributed by atoms with Crippen LogP contribution in [0.3, 0.4) is 0 Å². The van der Waals surface area contributed by atoms with E-state index < -0.39 is 0 Å². The minimum Gasteiger partial charge on any atom is -0.488 e. The summed E-state index contributed by atoms with van der Waals surface area (Å²) in [5, 5.41) is 4.14. The first kappa shape index (κ1) is 13.7. The SMILES string of the molecule is CNC1CC(Oc2ccc(Br)cc2Cl)C12CCCC2. The normalized spacial score (nSPS) is 28.4. The molecule has 2 fully saturated rings. The Balaban J connectivity index is 1.77. The molecule has 1 N–H and O–H groups in total. The molecule has 2 saturated carbocycles. The molecule has 19 heavy (non-hydrogen) atoms. The van der Waals surface area contributed by atoms with Crippen LogP contribution < -0.4 is 10.1 Å². The molecule has 2 nitrogen and oxygen atoms in total. The maximum atomic E-state index is 6.25. The molecule has 0 aromatic heterocycles. The number of halogens is 2. The second-order valence-corrected chi connectivity index (χ2v) is 7.02. The van der Waals surface area contributed by atoms with Gasteiger partial charge < -0.3 is 10.1 Å². The molecule has 0 aliphatic heterocycles. The molecule has 1 aromatic rings. The highest BCUT2D eigenvalue weighted by molar-refractivity contribution is 9.10. The van der Waals surface area contributed by atoms with Gasteiger partial charge in [-0.3, -0.25) is 0 Å². The van der Waals surface area contributed by atoms with Crippen molar-refractivity contribution in [2.24, 2.45) is 5.41 Å². The van der Waals surface area contributed by atoms with Gasteiger partial charge in [-0.15, -0.1) is 0 Å². The first-order valence-electron chi connectivity index (χ1n) is 6.95. The minimum absolute atomic E-state index is 0.311. The summed E-state index contributed by atoms with van der Waals surface area (Å²) in [7, 11) is 2.06. The summed E-state index contributed by atoms with van der Waals surface area (Å²) in [6.07, 6.45) is 6.60. The van der Waals surface area contributed by atoms with Crippen molar-refractivity contribution in [1.29, 1.82) is 0 Å². The van der Waals surface area contributed by atoms with E-state index >= 15 is 0 Å². The fourth-order valence-electron chi connectivity index (χ4n) is 3.75. The van der Waals surface area contributed by atoms with Crippen LogP contribution in [0.15, 0.2) is 22.7 Å². The summed E-state index contributed by atoms with van der Waals surface area (Å²) in [5.41, 5.74) is 0.338. The molecule has 4 heteroatoms. The topological polar surface area (TPSA) is 21.3 Å². The van der Waals surface area contributed by atoms with E-state index in [1.54, 1.807) is 0 Å². The van der Waals surface area contributed by atoms with E-state index in [0.717, 1.165) is 16.6 Å². The van der Waals surface area contributed by atoms with Gasteiger partial charge in [0.05, 0.1) is 5.02 Å². The number of hydrogen-bond acceptors (Lipinski definition) is 2. The molecule has 2 unspecified atom stereocenters. The van der Waals surface area contributed by atoms with Gasteiger partial charge in [-0.2, -0.15) is 0 Å². The standard InChI is InChI=1S/C15H19BrClNO/c1-18-13-9-14(15(13)6-2-3-7-15)19-12-5-4-10(16)8-11(12)17/h4-5,8,13-14,18H,2-3,6-7,9H2,1H3. The first-order valence-corrected chi connectivity index (χ1v) is 8.12. The predicted molar refractivity (Wildman–Crippen MR) is 81.9 cm³/mol. The van der Waals surface area contributed by atoms with Crippen LogP contribution in [0, 0.1) is 5.41 Å². The Kier molecular flexibility index (Phi) is 3.80. The fourth-order valence-corrected chi connectivity index (χ4v) is 4.46. The number of ether oxygens (including phenoxy) is 1. The Labute approximate surface area is 128 Å². The lowest BCUT2D eigenvalue weighted by molar-refractivity contribution is -0.0735. The number of rotatable bonds is 3. The van der Waals surface area contributed by atoms with Crippen LogP contribution in [-0.2, 0) is 0 Å². The Morgan fingerprint density at radius 2 is 2.11 bits per heavy atom. The average Bonchev–Trinajstić information content (AvgIpc) is 2.88. The maximum absolute atomic E-state index is 6.25. The van der Waals surface area contributed by atoms with Gasteiger partial charge in [0, 0.05) is 22.4 Å².